The van der Waals surface area contributed by atoms with Gasteiger partial charge in [-0.2, -0.15) is 4.39 Å². The summed E-state index contributed by atoms with van der Waals surface area (Å²) in [6.45, 7) is 0.215. The lowest BCUT2D eigenvalue weighted by Gasteiger charge is -2.16. The Kier molecular flexibility index (Phi) is 7.50. The van der Waals surface area contributed by atoms with Gasteiger partial charge in [-0.3, -0.25) is 14.4 Å². The molecule has 31 heavy (non-hydrogen) atoms. The standard InChI is InChI=1S/C21H19BrF2N4O3/c22-14-6-7-17(16(23)10-14)26-19-15(20(29)27-31-9-8-25)12-28(21(30)18(19)24)11-13-4-2-1-3-5-13/h1-7,10,12,26H,8-9,11,25H2,(H,27,29). The van der Waals surface area contributed by atoms with Crippen LogP contribution in [0.2, 0.25) is 0 Å². The number of carbonyl (C=O) groups excluding carboxylic acids is 1. The van der Waals surface area contributed by atoms with Gasteiger partial charge in [0.25, 0.3) is 11.5 Å². The Morgan fingerprint density at radius 2 is 1.90 bits per heavy atom. The summed E-state index contributed by atoms with van der Waals surface area (Å²) in [6.07, 6.45) is 1.19. The zero-order valence-electron chi connectivity index (χ0n) is 16.2. The fourth-order valence-corrected chi connectivity index (χ4v) is 3.11. The van der Waals surface area contributed by atoms with Crippen LogP contribution in [0.4, 0.5) is 20.2 Å². The van der Waals surface area contributed by atoms with E-state index in [2.05, 4.69) is 26.7 Å². The Labute approximate surface area is 184 Å². The van der Waals surface area contributed by atoms with Crippen LogP contribution < -0.4 is 22.1 Å². The van der Waals surface area contributed by atoms with Crippen LogP contribution in [0.25, 0.3) is 0 Å². The highest BCUT2D eigenvalue weighted by molar-refractivity contribution is 9.10. The van der Waals surface area contributed by atoms with Crippen molar-refractivity contribution in [2.45, 2.75) is 6.54 Å². The minimum absolute atomic E-state index is 0.0297. The first-order chi connectivity index (χ1) is 14.9. The van der Waals surface area contributed by atoms with Crippen molar-refractivity contribution >= 4 is 33.2 Å². The summed E-state index contributed by atoms with van der Waals surface area (Å²) in [7, 11) is 0. The van der Waals surface area contributed by atoms with Gasteiger partial charge >= 0.3 is 0 Å². The van der Waals surface area contributed by atoms with E-state index in [0.717, 1.165) is 10.1 Å². The summed E-state index contributed by atoms with van der Waals surface area (Å²) in [5.41, 5.74) is 6.41. The van der Waals surface area contributed by atoms with Crippen molar-refractivity contribution < 1.29 is 18.4 Å². The highest BCUT2D eigenvalue weighted by Gasteiger charge is 2.22. The van der Waals surface area contributed by atoms with Crippen LogP contribution in [-0.2, 0) is 11.4 Å². The van der Waals surface area contributed by atoms with Gasteiger partial charge in [0, 0.05) is 17.2 Å². The fraction of sp³-hybridized carbons (Fsp3) is 0.143. The molecule has 4 N–H and O–H groups in total. The lowest BCUT2D eigenvalue weighted by molar-refractivity contribution is 0.0343. The molecule has 3 aromatic rings. The van der Waals surface area contributed by atoms with Crippen molar-refractivity contribution in [1.82, 2.24) is 10.0 Å². The number of aromatic nitrogens is 1. The normalized spacial score (nSPS) is 10.7. The van der Waals surface area contributed by atoms with Crippen LogP contribution in [-0.4, -0.2) is 23.6 Å². The average Bonchev–Trinajstić information content (AvgIpc) is 2.75. The van der Waals surface area contributed by atoms with E-state index in [1.54, 1.807) is 30.3 Å². The van der Waals surface area contributed by atoms with Gasteiger partial charge in [0.05, 0.1) is 30.1 Å². The zero-order valence-corrected chi connectivity index (χ0v) is 17.8. The van der Waals surface area contributed by atoms with Gasteiger partial charge in [-0.1, -0.05) is 46.3 Å². The van der Waals surface area contributed by atoms with E-state index < -0.39 is 28.8 Å². The van der Waals surface area contributed by atoms with Crippen LogP contribution in [0, 0.1) is 11.6 Å². The van der Waals surface area contributed by atoms with Crippen molar-refractivity contribution in [2.24, 2.45) is 5.73 Å². The molecule has 162 valence electrons. The SMILES string of the molecule is NCCONC(=O)c1cn(Cc2ccccc2)c(=O)c(F)c1Nc1ccc(Br)cc1F. The molecule has 1 aromatic heterocycles. The fourth-order valence-electron chi connectivity index (χ4n) is 2.78. The molecule has 1 heterocycles. The summed E-state index contributed by atoms with van der Waals surface area (Å²) in [6, 6.07) is 12.9. The Hall–Kier alpha value is -3.08. The van der Waals surface area contributed by atoms with Gasteiger partial charge in [0.2, 0.25) is 5.82 Å². The number of amides is 1. The average molecular weight is 493 g/mol. The highest BCUT2D eigenvalue weighted by Crippen LogP contribution is 2.26. The first-order valence-electron chi connectivity index (χ1n) is 9.22. The number of hydroxylamine groups is 1. The zero-order chi connectivity index (χ0) is 22.4. The summed E-state index contributed by atoms with van der Waals surface area (Å²) in [5, 5.41) is 2.51. The van der Waals surface area contributed by atoms with E-state index in [4.69, 9.17) is 10.6 Å². The van der Waals surface area contributed by atoms with E-state index in [1.807, 2.05) is 0 Å². The van der Waals surface area contributed by atoms with E-state index in [0.29, 0.717) is 4.47 Å². The van der Waals surface area contributed by atoms with Gasteiger partial charge < -0.3 is 15.6 Å². The molecular weight excluding hydrogens is 474 g/mol. The van der Waals surface area contributed by atoms with Crippen LogP contribution >= 0.6 is 15.9 Å². The lowest BCUT2D eigenvalue weighted by atomic mass is 10.1. The van der Waals surface area contributed by atoms with Crippen LogP contribution in [0.3, 0.4) is 0 Å². The van der Waals surface area contributed by atoms with Crippen molar-refractivity contribution in [3.05, 3.63) is 92.3 Å². The number of rotatable bonds is 8. The molecule has 0 aliphatic rings. The van der Waals surface area contributed by atoms with Gasteiger partial charge in [-0.15, -0.1) is 0 Å². The number of carbonyl (C=O) groups is 1. The quantitative estimate of drug-likeness (QED) is 0.331. The number of nitrogens with two attached hydrogens (primary N) is 1. The highest BCUT2D eigenvalue weighted by atomic mass is 79.9. The summed E-state index contributed by atoms with van der Waals surface area (Å²) < 4.78 is 30.9. The number of anilines is 2. The monoisotopic (exact) mass is 492 g/mol. The minimum Gasteiger partial charge on any atom is -0.350 e. The lowest BCUT2D eigenvalue weighted by Crippen LogP contribution is -2.31. The number of hydrogen-bond donors (Lipinski definition) is 3. The second-order valence-electron chi connectivity index (χ2n) is 6.47. The van der Waals surface area contributed by atoms with E-state index in [1.165, 1.54) is 24.4 Å². The third-order valence-corrected chi connectivity index (χ3v) is 4.73. The van der Waals surface area contributed by atoms with E-state index >= 15 is 4.39 Å². The van der Waals surface area contributed by atoms with Crippen LogP contribution in [0.1, 0.15) is 15.9 Å². The molecule has 0 fully saturated rings. The molecule has 1 amide bonds. The molecule has 0 saturated heterocycles. The molecule has 0 saturated carbocycles. The van der Waals surface area contributed by atoms with Crippen molar-refractivity contribution in [3.8, 4) is 0 Å². The molecular formula is C21H19BrF2N4O3. The van der Waals surface area contributed by atoms with Crippen molar-refractivity contribution in [1.29, 1.82) is 0 Å². The number of pyridine rings is 1. The maximum Gasteiger partial charge on any atom is 0.289 e. The van der Waals surface area contributed by atoms with Crippen LogP contribution in [0.5, 0.6) is 0 Å². The third-order valence-electron chi connectivity index (χ3n) is 4.24. The Balaban J connectivity index is 2.05. The number of benzene rings is 2. The molecule has 0 radical (unpaired) electrons. The largest absolute Gasteiger partial charge is 0.350 e. The van der Waals surface area contributed by atoms with Gasteiger partial charge in [0.15, 0.2) is 0 Å². The third kappa shape index (κ3) is 5.54. The number of nitrogens with one attached hydrogen (secondary N) is 2. The molecule has 7 nitrogen and oxygen atoms in total. The molecule has 10 heteroatoms. The Morgan fingerprint density at radius 1 is 1.16 bits per heavy atom. The molecule has 0 bridgehead atoms. The molecule has 0 aliphatic carbocycles. The van der Waals surface area contributed by atoms with E-state index in [9.17, 15) is 14.0 Å². The van der Waals surface area contributed by atoms with Crippen molar-refractivity contribution in [3.63, 3.8) is 0 Å². The number of hydrogen-bond acceptors (Lipinski definition) is 5. The van der Waals surface area contributed by atoms with Gasteiger partial charge in [-0.05, 0) is 23.8 Å². The molecule has 0 unspecified atom stereocenters. The molecule has 0 aliphatic heterocycles. The molecule has 2 aromatic carbocycles. The van der Waals surface area contributed by atoms with Gasteiger partial charge in [0.1, 0.15) is 5.82 Å². The minimum atomic E-state index is -1.23. The summed E-state index contributed by atoms with van der Waals surface area (Å²) >= 11 is 3.14. The van der Waals surface area contributed by atoms with E-state index in [-0.39, 0.29) is 30.9 Å². The van der Waals surface area contributed by atoms with Gasteiger partial charge in [-0.25, -0.2) is 9.87 Å². The molecule has 3 rings (SSSR count). The van der Waals surface area contributed by atoms with Crippen LogP contribution in [0.15, 0.2) is 64.0 Å². The van der Waals surface area contributed by atoms with Crippen molar-refractivity contribution in [2.75, 3.05) is 18.5 Å². The molecule has 0 spiro atoms. The predicted molar refractivity (Wildman–Crippen MR) is 116 cm³/mol. The maximum atomic E-state index is 15.1. The predicted octanol–water partition coefficient (Wildman–Crippen LogP) is 3.30. The second kappa shape index (κ2) is 10.3. The second-order valence-corrected chi connectivity index (χ2v) is 7.38. The first kappa shape index (κ1) is 22.6. The number of halogens is 3. The Bertz CT molecular complexity index is 1140. The maximum absolute atomic E-state index is 15.1. The smallest absolute Gasteiger partial charge is 0.289 e. The topological polar surface area (TPSA) is 98.4 Å². The number of nitrogens with zero attached hydrogens (tertiary/aromatic N) is 1. The Morgan fingerprint density at radius 3 is 2.58 bits per heavy atom. The first-order valence-corrected chi connectivity index (χ1v) is 10.0. The molecule has 0 atom stereocenters. The summed E-state index contributed by atoms with van der Waals surface area (Å²) in [5.74, 6) is -2.76. The summed E-state index contributed by atoms with van der Waals surface area (Å²) in [4.78, 5) is 30.2.